The average molecular weight is 283 g/mol. The molecule has 1 atom stereocenters. The van der Waals surface area contributed by atoms with Gasteiger partial charge in [-0.05, 0) is 19.4 Å². The Morgan fingerprint density at radius 2 is 2.26 bits per heavy atom. The molecular formula is C12H17N3O3S. The first-order valence-electron chi connectivity index (χ1n) is 6.14. The van der Waals surface area contributed by atoms with Crippen molar-refractivity contribution in [2.75, 3.05) is 17.7 Å². The summed E-state index contributed by atoms with van der Waals surface area (Å²) in [4.78, 5) is 8.43. The van der Waals surface area contributed by atoms with Crippen LogP contribution in [0.3, 0.4) is 0 Å². The number of anilines is 1. The van der Waals surface area contributed by atoms with Gasteiger partial charge in [0.2, 0.25) is 11.8 Å². The summed E-state index contributed by atoms with van der Waals surface area (Å²) >= 11 is 0. The largest absolute Gasteiger partial charge is 0.478 e. The van der Waals surface area contributed by atoms with E-state index in [4.69, 9.17) is 4.74 Å². The van der Waals surface area contributed by atoms with E-state index in [0.29, 0.717) is 18.4 Å². The lowest BCUT2D eigenvalue weighted by Crippen LogP contribution is -2.22. The van der Waals surface area contributed by atoms with Gasteiger partial charge >= 0.3 is 0 Å². The van der Waals surface area contributed by atoms with Gasteiger partial charge in [0, 0.05) is 17.2 Å². The molecule has 0 spiro atoms. The third-order valence-electron chi connectivity index (χ3n) is 2.53. The quantitative estimate of drug-likeness (QED) is 0.877. The maximum Gasteiger partial charge on any atom is 0.226 e. The molecule has 1 aromatic rings. The third-order valence-corrected chi connectivity index (χ3v) is 3.92. The highest BCUT2D eigenvalue weighted by atomic mass is 32.2. The highest BCUT2D eigenvalue weighted by Crippen LogP contribution is 2.16. The Bertz CT molecular complexity index is 584. The minimum absolute atomic E-state index is 0.0372. The second-order valence-electron chi connectivity index (χ2n) is 4.43. The number of ether oxygens (including phenoxy) is 1. The summed E-state index contributed by atoms with van der Waals surface area (Å²) in [5, 5.41) is 4.20. The van der Waals surface area contributed by atoms with Crippen molar-refractivity contribution in [2.45, 2.75) is 26.3 Å². The third kappa shape index (κ3) is 3.92. The Labute approximate surface area is 112 Å². The van der Waals surface area contributed by atoms with Crippen LogP contribution in [0.2, 0.25) is 0 Å². The minimum Gasteiger partial charge on any atom is -0.478 e. The SMILES string of the molecule is CCCOc1cc(C)nc(NC2C=CS(=O)(=O)C2)n1. The predicted molar refractivity (Wildman–Crippen MR) is 72.9 cm³/mol. The average Bonchev–Trinajstić information content (AvgIpc) is 2.65. The molecule has 2 heterocycles. The second-order valence-corrected chi connectivity index (χ2v) is 6.36. The Morgan fingerprint density at radius 1 is 1.47 bits per heavy atom. The summed E-state index contributed by atoms with van der Waals surface area (Å²) in [6.07, 6.45) is 2.50. The predicted octanol–water partition coefficient (Wildman–Crippen LogP) is 1.30. The number of nitrogens with one attached hydrogen (secondary N) is 1. The minimum atomic E-state index is -3.08. The molecule has 0 radical (unpaired) electrons. The van der Waals surface area contributed by atoms with Gasteiger partial charge in [-0.3, -0.25) is 0 Å². The Balaban J connectivity index is 2.08. The van der Waals surface area contributed by atoms with Crippen LogP contribution in [0.25, 0.3) is 0 Å². The highest BCUT2D eigenvalue weighted by Gasteiger charge is 2.22. The van der Waals surface area contributed by atoms with Crippen molar-refractivity contribution in [3.8, 4) is 5.88 Å². The molecule has 0 aromatic carbocycles. The number of nitrogens with zero attached hydrogens (tertiary/aromatic N) is 2. The van der Waals surface area contributed by atoms with Gasteiger partial charge in [-0.25, -0.2) is 13.4 Å². The first kappa shape index (κ1) is 13.8. The fourth-order valence-electron chi connectivity index (χ4n) is 1.72. The van der Waals surface area contributed by atoms with E-state index in [2.05, 4.69) is 15.3 Å². The Kier molecular flexibility index (Phi) is 4.04. The molecule has 7 heteroatoms. The van der Waals surface area contributed by atoms with Crippen molar-refractivity contribution >= 4 is 15.8 Å². The van der Waals surface area contributed by atoms with Gasteiger partial charge in [-0.15, -0.1) is 0 Å². The maximum atomic E-state index is 11.3. The summed E-state index contributed by atoms with van der Waals surface area (Å²) in [5.74, 6) is 0.926. The van der Waals surface area contributed by atoms with Crippen LogP contribution in [0, 0.1) is 6.92 Å². The van der Waals surface area contributed by atoms with Crippen LogP contribution in [0.15, 0.2) is 17.6 Å². The summed E-state index contributed by atoms with van der Waals surface area (Å²) in [5.41, 5.74) is 0.772. The fraction of sp³-hybridized carbons (Fsp3) is 0.500. The number of aromatic nitrogens is 2. The van der Waals surface area contributed by atoms with Crippen LogP contribution < -0.4 is 10.1 Å². The van der Waals surface area contributed by atoms with Crippen molar-refractivity contribution in [1.82, 2.24) is 9.97 Å². The monoisotopic (exact) mass is 283 g/mol. The smallest absolute Gasteiger partial charge is 0.226 e. The molecule has 0 fully saturated rings. The summed E-state index contributed by atoms with van der Waals surface area (Å²) < 4.78 is 28.1. The fourth-order valence-corrected chi connectivity index (χ4v) is 2.95. The van der Waals surface area contributed by atoms with Crippen LogP contribution in [0.1, 0.15) is 19.0 Å². The van der Waals surface area contributed by atoms with Crippen molar-refractivity contribution in [2.24, 2.45) is 0 Å². The van der Waals surface area contributed by atoms with Gasteiger partial charge in [0.05, 0.1) is 18.4 Å². The van der Waals surface area contributed by atoms with E-state index in [-0.39, 0.29) is 11.8 Å². The molecule has 0 bridgehead atoms. The highest BCUT2D eigenvalue weighted by molar-refractivity contribution is 7.94. The lowest BCUT2D eigenvalue weighted by Gasteiger charge is -2.12. The lowest BCUT2D eigenvalue weighted by atomic mass is 10.3. The number of hydrogen-bond acceptors (Lipinski definition) is 6. The standard InChI is InChI=1S/C12H17N3O3S/c1-3-5-18-11-7-9(2)13-12(15-11)14-10-4-6-19(16,17)8-10/h4,6-7,10H,3,5,8H2,1-2H3,(H,13,14,15). The zero-order valence-electron chi connectivity index (χ0n) is 11.0. The molecular weight excluding hydrogens is 266 g/mol. The molecule has 0 saturated heterocycles. The molecule has 1 N–H and O–H groups in total. The first-order chi connectivity index (χ1) is 8.98. The normalized spacial score (nSPS) is 20.4. The summed E-state index contributed by atoms with van der Waals surface area (Å²) in [7, 11) is -3.08. The molecule has 104 valence electrons. The van der Waals surface area contributed by atoms with Gasteiger partial charge < -0.3 is 10.1 Å². The van der Waals surface area contributed by atoms with Crippen LogP contribution >= 0.6 is 0 Å². The maximum absolute atomic E-state index is 11.3. The molecule has 0 amide bonds. The van der Waals surface area contributed by atoms with Crippen LogP contribution in [-0.4, -0.2) is 36.8 Å². The summed E-state index contributed by atoms with van der Waals surface area (Å²) in [6.45, 7) is 4.45. The Hall–Kier alpha value is -1.63. The van der Waals surface area contributed by atoms with Gasteiger partial charge in [0.25, 0.3) is 0 Å². The van der Waals surface area contributed by atoms with E-state index in [1.807, 2.05) is 13.8 Å². The molecule has 1 aliphatic rings. The van der Waals surface area contributed by atoms with Crippen molar-refractivity contribution in [3.05, 3.63) is 23.2 Å². The second kappa shape index (κ2) is 5.56. The van der Waals surface area contributed by atoms with Crippen molar-refractivity contribution in [1.29, 1.82) is 0 Å². The van der Waals surface area contributed by atoms with E-state index in [1.165, 1.54) is 5.41 Å². The molecule has 1 aliphatic heterocycles. The van der Waals surface area contributed by atoms with Crippen molar-refractivity contribution in [3.63, 3.8) is 0 Å². The number of aryl methyl sites for hydroxylation is 1. The molecule has 1 aromatic heterocycles. The van der Waals surface area contributed by atoms with Crippen LogP contribution in [0.5, 0.6) is 5.88 Å². The summed E-state index contributed by atoms with van der Waals surface area (Å²) in [6, 6.07) is 1.47. The van der Waals surface area contributed by atoms with Crippen molar-refractivity contribution < 1.29 is 13.2 Å². The van der Waals surface area contributed by atoms with Crippen LogP contribution in [-0.2, 0) is 9.84 Å². The number of hydrogen-bond donors (Lipinski definition) is 1. The van der Waals surface area contributed by atoms with Gasteiger partial charge in [0.1, 0.15) is 0 Å². The van der Waals surface area contributed by atoms with E-state index in [1.54, 1.807) is 12.1 Å². The first-order valence-corrected chi connectivity index (χ1v) is 7.86. The van der Waals surface area contributed by atoms with E-state index in [0.717, 1.165) is 12.1 Å². The zero-order valence-corrected chi connectivity index (χ0v) is 11.8. The van der Waals surface area contributed by atoms with E-state index >= 15 is 0 Å². The molecule has 1 unspecified atom stereocenters. The van der Waals surface area contributed by atoms with Gasteiger partial charge in [-0.1, -0.05) is 6.92 Å². The zero-order chi connectivity index (χ0) is 13.9. The molecule has 19 heavy (non-hydrogen) atoms. The van der Waals surface area contributed by atoms with Crippen LogP contribution in [0.4, 0.5) is 5.95 Å². The number of rotatable bonds is 5. The number of sulfone groups is 1. The van der Waals surface area contributed by atoms with E-state index < -0.39 is 9.84 Å². The lowest BCUT2D eigenvalue weighted by molar-refractivity contribution is 0.305. The molecule has 0 saturated carbocycles. The molecule has 6 nitrogen and oxygen atoms in total. The van der Waals surface area contributed by atoms with E-state index in [9.17, 15) is 8.42 Å². The Morgan fingerprint density at radius 3 is 2.89 bits per heavy atom. The topological polar surface area (TPSA) is 81.2 Å². The van der Waals surface area contributed by atoms with Gasteiger partial charge in [0.15, 0.2) is 9.84 Å². The van der Waals surface area contributed by atoms with Gasteiger partial charge in [-0.2, -0.15) is 4.98 Å². The molecule has 2 rings (SSSR count). The molecule has 0 aliphatic carbocycles.